The number of halogens is 1. The first kappa shape index (κ1) is 20.2. The highest BCUT2D eigenvalue weighted by Gasteiger charge is 2.19. The van der Waals surface area contributed by atoms with Crippen LogP contribution >= 0.6 is 11.6 Å². The number of hydrogen-bond donors (Lipinski definition) is 1. The number of amides is 1. The lowest BCUT2D eigenvalue weighted by atomic mass is 10.2. The van der Waals surface area contributed by atoms with Gasteiger partial charge in [-0.25, -0.2) is 8.42 Å². The van der Waals surface area contributed by atoms with E-state index in [1.54, 1.807) is 42.6 Å². The Labute approximate surface area is 158 Å². The largest absolute Gasteiger partial charge is 0.495 e. The number of anilines is 1. The van der Waals surface area contributed by atoms with Crippen LogP contribution in [0.3, 0.4) is 0 Å². The lowest BCUT2D eigenvalue weighted by molar-refractivity contribution is -0.116. The molecule has 1 N–H and O–H groups in total. The second-order valence-electron chi connectivity index (χ2n) is 5.56. The van der Waals surface area contributed by atoms with E-state index in [0.29, 0.717) is 22.2 Å². The first-order chi connectivity index (χ1) is 12.3. The van der Waals surface area contributed by atoms with Crippen molar-refractivity contribution in [1.82, 2.24) is 9.29 Å². The Morgan fingerprint density at radius 1 is 1.31 bits per heavy atom. The molecule has 140 valence electrons. The van der Waals surface area contributed by atoms with Gasteiger partial charge in [0.1, 0.15) is 5.75 Å². The molecule has 26 heavy (non-hydrogen) atoms. The third-order valence-electron chi connectivity index (χ3n) is 3.56. The molecule has 0 unspecified atom stereocenters. The summed E-state index contributed by atoms with van der Waals surface area (Å²) in [5, 5.41) is 3.14. The number of rotatable bonds is 8. The predicted octanol–water partition coefficient (Wildman–Crippen LogP) is 2.53. The van der Waals surface area contributed by atoms with Gasteiger partial charge in [0.15, 0.2) is 0 Å². The van der Waals surface area contributed by atoms with E-state index in [4.69, 9.17) is 16.3 Å². The highest BCUT2D eigenvalue weighted by molar-refractivity contribution is 7.88. The van der Waals surface area contributed by atoms with Crippen LogP contribution in [0.25, 0.3) is 0 Å². The van der Waals surface area contributed by atoms with Crippen molar-refractivity contribution >= 4 is 33.2 Å². The summed E-state index contributed by atoms with van der Waals surface area (Å²) in [6.07, 6.45) is 2.68. The maximum atomic E-state index is 12.2. The summed E-state index contributed by atoms with van der Waals surface area (Å²) < 4.78 is 30.3. The quantitative estimate of drug-likeness (QED) is 0.739. The molecule has 0 aliphatic heterocycles. The number of hydrogen-bond acceptors (Lipinski definition) is 5. The van der Waals surface area contributed by atoms with Gasteiger partial charge >= 0.3 is 0 Å². The van der Waals surface area contributed by atoms with Crippen LogP contribution in [0.2, 0.25) is 5.02 Å². The predicted molar refractivity (Wildman–Crippen MR) is 101 cm³/mol. The van der Waals surface area contributed by atoms with E-state index < -0.39 is 10.0 Å². The van der Waals surface area contributed by atoms with Crippen LogP contribution in [0.1, 0.15) is 12.1 Å². The standard InChI is InChI=1S/C17H20ClN3O4S/c1-25-16-7-6-13(18)11-15(16)20-17(22)8-10-21(26(2,23)24)12-14-5-3-4-9-19-14/h3-7,9,11H,8,10,12H2,1-2H3,(H,20,22). The average Bonchev–Trinajstić information content (AvgIpc) is 2.58. The van der Waals surface area contributed by atoms with E-state index >= 15 is 0 Å². The number of sulfonamides is 1. The Morgan fingerprint density at radius 3 is 2.69 bits per heavy atom. The van der Waals surface area contributed by atoms with Crippen molar-refractivity contribution in [2.75, 3.05) is 25.2 Å². The fourth-order valence-corrected chi connectivity index (χ4v) is 3.21. The van der Waals surface area contributed by atoms with E-state index in [9.17, 15) is 13.2 Å². The summed E-state index contributed by atoms with van der Waals surface area (Å²) in [4.78, 5) is 16.4. The van der Waals surface area contributed by atoms with Crippen molar-refractivity contribution in [2.45, 2.75) is 13.0 Å². The molecule has 0 aliphatic carbocycles. The van der Waals surface area contributed by atoms with Crippen molar-refractivity contribution in [3.8, 4) is 5.75 Å². The van der Waals surface area contributed by atoms with Gasteiger partial charge < -0.3 is 10.1 Å². The van der Waals surface area contributed by atoms with Crippen molar-refractivity contribution in [1.29, 1.82) is 0 Å². The van der Waals surface area contributed by atoms with Crippen molar-refractivity contribution in [3.63, 3.8) is 0 Å². The number of nitrogens with zero attached hydrogens (tertiary/aromatic N) is 2. The number of pyridine rings is 1. The number of nitrogens with one attached hydrogen (secondary N) is 1. The zero-order chi connectivity index (χ0) is 19.2. The van der Waals surface area contributed by atoms with Crippen molar-refractivity contribution in [2.24, 2.45) is 0 Å². The first-order valence-electron chi connectivity index (χ1n) is 7.78. The van der Waals surface area contributed by atoms with Crippen LogP contribution in [-0.2, 0) is 21.4 Å². The SMILES string of the molecule is COc1ccc(Cl)cc1NC(=O)CCN(Cc1ccccn1)S(C)(=O)=O. The number of carbonyl (C=O) groups excluding carboxylic acids is 1. The molecule has 0 bridgehead atoms. The fourth-order valence-electron chi connectivity index (χ4n) is 2.25. The number of benzene rings is 1. The van der Waals surface area contributed by atoms with Gasteiger partial charge in [0.2, 0.25) is 15.9 Å². The summed E-state index contributed by atoms with van der Waals surface area (Å²) >= 11 is 5.93. The third-order valence-corrected chi connectivity index (χ3v) is 5.04. The minimum Gasteiger partial charge on any atom is -0.495 e. The van der Waals surface area contributed by atoms with Crippen LogP contribution < -0.4 is 10.1 Å². The maximum Gasteiger partial charge on any atom is 0.225 e. The summed E-state index contributed by atoms with van der Waals surface area (Å²) in [6, 6.07) is 10.1. The van der Waals surface area contributed by atoms with Gasteiger partial charge in [0.05, 0.1) is 31.3 Å². The molecule has 0 fully saturated rings. The molecular formula is C17H20ClN3O4S. The van der Waals surface area contributed by atoms with E-state index in [-0.39, 0.29) is 25.4 Å². The first-order valence-corrected chi connectivity index (χ1v) is 10.0. The molecule has 1 aromatic heterocycles. The third kappa shape index (κ3) is 5.98. The fraction of sp³-hybridized carbons (Fsp3) is 0.294. The molecule has 7 nitrogen and oxygen atoms in total. The number of aromatic nitrogens is 1. The Morgan fingerprint density at radius 2 is 2.08 bits per heavy atom. The van der Waals surface area contributed by atoms with E-state index in [1.807, 2.05) is 0 Å². The van der Waals surface area contributed by atoms with Crippen LogP contribution in [0.4, 0.5) is 5.69 Å². The summed E-state index contributed by atoms with van der Waals surface area (Å²) in [5.74, 6) is 0.122. The van der Waals surface area contributed by atoms with Crippen LogP contribution in [0.15, 0.2) is 42.6 Å². The minimum atomic E-state index is -3.48. The zero-order valence-corrected chi connectivity index (χ0v) is 16.0. The monoisotopic (exact) mass is 397 g/mol. The molecule has 0 atom stereocenters. The van der Waals surface area contributed by atoms with Gasteiger partial charge in [-0.15, -0.1) is 0 Å². The highest BCUT2D eigenvalue weighted by Crippen LogP contribution is 2.27. The molecule has 0 spiro atoms. The Bertz CT molecular complexity index is 860. The molecule has 0 radical (unpaired) electrons. The maximum absolute atomic E-state index is 12.2. The smallest absolute Gasteiger partial charge is 0.225 e. The Kier molecular flexibility index (Phi) is 6.96. The molecule has 0 saturated carbocycles. The van der Waals surface area contributed by atoms with Gasteiger partial charge in [0, 0.05) is 24.2 Å². The summed E-state index contributed by atoms with van der Waals surface area (Å²) in [6.45, 7) is 0.136. The van der Waals surface area contributed by atoms with Crippen molar-refractivity contribution in [3.05, 3.63) is 53.3 Å². The Balaban J connectivity index is 2.02. The molecule has 2 aromatic rings. The van der Waals surface area contributed by atoms with Crippen LogP contribution in [0.5, 0.6) is 5.75 Å². The molecule has 2 rings (SSSR count). The molecule has 0 saturated heterocycles. The topological polar surface area (TPSA) is 88.6 Å². The number of methoxy groups -OCH3 is 1. The highest BCUT2D eigenvalue weighted by atomic mass is 35.5. The van der Waals surface area contributed by atoms with E-state index in [0.717, 1.165) is 6.26 Å². The second-order valence-corrected chi connectivity index (χ2v) is 7.98. The van der Waals surface area contributed by atoms with Gasteiger partial charge in [-0.05, 0) is 30.3 Å². The number of ether oxygens (including phenoxy) is 1. The molecule has 1 amide bonds. The van der Waals surface area contributed by atoms with Gasteiger partial charge in [0.25, 0.3) is 0 Å². The molecule has 1 heterocycles. The van der Waals surface area contributed by atoms with Crippen LogP contribution in [0, 0.1) is 0 Å². The van der Waals surface area contributed by atoms with Gasteiger partial charge in [-0.1, -0.05) is 17.7 Å². The zero-order valence-electron chi connectivity index (χ0n) is 14.5. The average molecular weight is 398 g/mol. The van der Waals surface area contributed by atoms with E-state index in [2.05, 4.69) is 10.3 Å². The van der Waals surface area contributed by atoms with E-state index in [1.165, 1.54) is 11.4 Å². The lowest BCUT2D eigenvalue weighted by Crippen LogP contribution is -2.32. The summed E-state index contributed by atoms with van der Waals surface area (Å²) in [7, 11) is -2.00. The number of carbonyl (C=O) groups is 1. The second kappa shape index (κ2) is 8.98. The lowest BCUT2D eigenvalue weighted by Gasteiger charge is -2.19. The summed E-state index contributed by atoms with van der Waals surface area (Å²) in [5.41, 5.74) is 1.04. The molecular weight excluding hydrogens is 378 g/mol. The van der Waals surface area contributed by atoms with Gasteiger partial charge in [-0.2, -0.15) is 4.31 Å². The molecule has 1 aromatic carbocycles. The van der Waals surface area contributed by atoms with Crippen molar-refractivity contribution < 1.29 is 17.9 Å². The Hall–Kier alpha value is -2.16. The van der Waals surface area contributed by atoms with Crippen LogP contribution in [-0.4, -0.2) is 43.5 Å². The molecule has 0 aliphatic rings. The normalized spacial score (nSPS) is 11.4. The minimum absolute atomic E-state index is 0.0183. The molecule has 9 heteroatoms. The van der Waals surface area contributed by atoms with Gasteiger partial charge in [-0.3, -0.25) is 9.78 Å².